The van der Waals surface area contributed by atoms with Crippen LogP contribution in [0.2, 0.25) is 0 Å². The lowest BCUT2D eigenvalue weighted by molar-refractivity contribution is -0.384. The highest BCUT2D eigenvalue weighted by molar-refractivity contribution is 6.24. The molecule has 0 unspecified atom stereocenters. The van der Waals surface area contributed by atoms with Gasteiger partial charge in [0.1, 0.15) is 6.04 Å². The minimum atomic E-state index is -0.974. The van der Waals surface area contributed by atoms with Crippen molar-refractivity contribution >= 4 is 35.0 Å². The molecule has 0 saturated carbocycles. The number of hydrogen-bond donors (Lipinski definition) is 0. The molecule has 178 valence electrons. The highest BCUT2D eigenvalue weighted by Crippen LogP contribution is 2.53. The predicted molar refractivity (Wildman–Crippen MR) is 132 cm³/mol. The van der Waals surface area contributed by atoms with Gasteiger partial charge in [-0.25, -0.2) is 4.90 Å². The minimum Gasteiger partial charge on any atom is -0.358 e. The Morgan fingerprint density at radius 3 is 2.39 bits per heavy atom. The summed E-state index contributed by atoms with van der Waals surface area (Å²) in [4.78, 5) is 55.4. The van der Waals surface area contributed by atoms with Gasteiger partial charge in [-0.3, -0.25) is 24.5 Å². The second-order valence-corrected chi connectivity index (χ2v) is 9.35. The van der Waals surface area contributed by atoms with Crippen molar-refractivity contribution in [1.29, 1.82) is 0 Å². The second-order valence-electron chi connectivity index (χ2n) is 9.35. The van der Waals surface area contributed by atoms with Gasteiger partial charge in [0.15, 0.2) is 5.78 Å². The lowest BCUT2D eigenvalue weighted by Crippen LogP contribution is -2.44. The van der Waals surface area contributed by atoms with Crippen LogP contribution < -0.4 is 4.90 Å². The summed E-state index contributed by atoms with van der Waals surface area (Å²) in [5.74, 6) is -2.89. The third-order valence-corrected chi connectivity index (χ3v) is 7.36. The molecule has 0 aromatic heterocycles. The normalized spacial score (nSPS) is 23.9. The first-order valence-electron chi connectivity index (χ1n) is 11.6. The number of fused-ring (bicyclic) bond motifs is 5. The quantitative estimate of drug-likeness (QED) is 0.239. The average molecular weight is 479 g/mol. The topological polar surface area (TPSA) is 101 Å². The lowest BCUT2D eigenvalue weighted by atomic mass is 9.83. The monoisotopic (exact) mass is 479 g/mol. The maximum absolute atomic E-state index is 13.9. The highest BCUT2D eigenvalue weighted by atomic mass is 16.6. The molecular formula is C28H21N3O5. The minimum absolute atomic E-state index is 0.134. The molecule has 2 fully saturated rings. The molecular weight excluding hydrogens is 458 g/mol. The Morgan fingerprint density at radius 1 is 0.917 bits per heavy atom. The number of hydrogen-bond acceptors (Lipinski definition) is 6. The van der Waals surface area contributed by atoms with E-state index in [0.29, 0.717) is 5.69 Å². The molecule has 0 aliphatic carbocycles. The molecule has 36 heavy (non-hydrogen) atoms. The van der Waals surface area contributed by atoms with Crippen molar-refractivity contribution in [3.63, 3.8) is 0 Å². The fourth-order valence-electron chi connectivity index (χ4n) is 5.75. The van der Waals surface area contributed by atoms with Crippen molar-refractivity contribution in [2.75, 3.05) is 4.90 Å². The molecule has 0 radical (unpaired) electrons. The van der Waals surface area contributed by atoms with Crippen LogP contribution in [-0.4, -0.2) is 33.5 Å². The number of nitrogens with zero attached hydrogens (tertiary/aromatic N) is 3. The standard InChI is InChI=1S/C28H21N3O5/c1-16-9-11-19(12-10-16)30-27(33)22-23(28(30)34)25(26(32)18-6-4-7-20(15-18)31(35)36)29-14-13-17-5-2-3-8-21(17)24(22)29/h2-15,22-25H,1H3/t22-,23-,24+,25+/m1/s1. The van der Waals surface area contributed by atoms with Crippen molar-refractivity contribution in [2.45, 2.75) is 19.0 Å². The molecule has 3 aliphatic heterocycles. The van der Waals surface area contributed by atoms with E-state index in [1.165, 1.54) is 29.2 Å². The van der Waals surface area contributed by atoms with E-state index in [4.69, 9.17) is 0 Å². The van der Waals surface area contributed by atoms with Gasteiger partial charge in [0.2, 0.25) is 11.8 Å². The van der Waals surface area contributed by atoms with Crippen molar-refractivity contribution in [3.8, 4) is 0 Å². The van der Waals surface area contributed by atoms with Crippen LogP contribution in [0.25, 0.3) is 6.08 Å². The number of nitro groups is 1. The van der Waals surface area contributed by atoms with Gasteiger partial charge in [-0.2, -0.15) is 0 Å². The number of Topliss-reactive ketones (excluding diaryl/α,β-unsaturated/α-hetero) is 1. The van der Waals surface area contributed by atoms with E-state index in [1.807, 2.05) is 49.4 Å². The van der Waals surface area contributed by atoms with Gasteiger partial charge in [0, 0.05) is 23.9 Å². The maximum atomic E-state index is 13.9. The summed E-state index contributed by atoms with van der Waals surface area (Å²) < 4.78 is 0. The van der Waals surface area contributed by atoms with Crippen LogP contribution in [0.3, 0.4) is 0 Å². The Bertz CT molecular complexity index is 1480. The van der Waals surface area contributed by atoms with Crippen LogP contribution in [0.1, 0.15) is 33.1 Å². The van der Waals surface area contributed by atoms with E-state index in [2.05, 4.69) is 0 Å². The summed E-state index contributed by atoms with van der Waals surface area (Å²) in [5.41, 5.74) is 3.19. The van der Waals surface area contributed by atoms with E-state index < -0.39 is 40.5 Å². The second kappa shape index (κ2) is 7.98. The number of nitro benzene ring substituents is 1. The largest absolute Gasteiger partial charge is 0.358 e. The smallest absolute Gasteiger partial charge is 0.270 e. The first-order valence-corrected chi connectivity index (χ1v) is 11.6. The molecule has 3 aliphatic rings. The summed E-state index contributed by atoms with van der Waals surface area (Å²) in [6, 6.07) is 18.8. The number of benzene rings is 3. The molecule has 3 heterocycles. The number of ketones is 1. The molecule has 2 amide bonds. The fourth-order valence-corrected chi connectivity index (χ4v) is 5.75. The molecule has 3 aromatic carbocycles. The van der Waals surface area contributed by atoms with Crippen molar-refractivity contribution in [1.82, 2.24) is 4.90 Å². The molecule has 0 bridgehead atoms. The van der Waals surface area contributed by atoms with Crippen molar-refractivity contribution in [3.05, 3.63) is 111 Å². The molecule has 0 spiro atoms. The summed E-state index contributed by atoms with van der Waals surface area (Å²) in [5, 5.41) is 11.3. The first kappa shape index (κ1) is 21.9. The Balaban J connectivity index is 1.49. The molecule has 6 rings (SSSR count). The van der Waals surface area contributed by atoms with Gasteiger partial charge in [0.05, 0.1) is 28.5 Å². The van der Waals surface area contributed by atoms with Gasteiger partial charge >= 0.3 is 0 Å². The van der Waals surface area contributed by atoms with Gasteiger partial charge in [-0.1, -0.05) is 54.1 Å². The summed E-state index contributed by atoms with van der Waals surface area (Å²) in [6.07, 6.45) is 3.63. The molecule has 0 N–H and O–H groups in total. The van der Waals surface area contributed by atoms with Gasteiger partial charge in [-0.15, -0.1) is 0 Å². The summed E-state index contributed by atoms with van der Waals surface area (Å²) >= 11 is 0. The lowest BCUT2D eigenvalue weighted by Gasteiger charge is -2.35. The highest BCUT2D eigenvalue weighted by Gasteiger charge is 2.64. The Hall–Kier alpha value is -4.59. The van der Waals surface area contributed by atoms with Crippen molar-refractivity contribution in [2.24, 2.45) is 11.8 Å². The Kier molecular flexibility index (Phi) is 4.86. The number of amides is 2. The van der Waals surface area contributed by atoms with Crippen molar-refractivity contribution < 1.29 is 19.3 Å². The molecule has 2 saturated heterocycles. The third kappa shape index (κ3) is 3.11. The van der Waals surface area contributed by atoms with E-state index in [0.717, 1.165) is 16.7 Å². The van der Waals surface area contributed by atoms with E-state index in [-0.39, 0.29) is 17.2 Å². The number of carbonyl (C=O) groups is 3. The van der Waals surface area contributed by atoms with Gasteiger partial charge in [0.25, 0.3) is 5.69 Å². The number of aryl methyl sites for hydroxylation is 1. The first-order chi connectivity index (χ1) is 17.4. The fraction of sp³-hybridized carbons (Fsp3) is 0.179. The molecule has 4 atom stereocenters. The Labute approximate surface area is 206 Å². The number of non-ortho nitro benzene ring substituents is 1. The average Bonchev–Trinajstić information content (AvgIpc) is 3.37. The summed E-state index contributed by atoms with van der Waals surface area (Å²) in [6.45, 7) is 1.92. The summed E-state index contributed by atoms with van der Waals surface area (Å²) in [7, 11) is 0. The molecule has 3 aromatic rings. The van der Waals surface area contributed by atoms with Gasteiger partial charge < -0.3 is 4.90 Å². The van der Waals surface area contributed by atoms with E-state index in [1.54, 1.807) is 23.2 Å². The number of carbonyl (C=O) groups excluding carboxylic acids is 3. The third-order valence-electron chi connectivity index (χ3n) is 7.36. The number of anilines is 1. The molecule has 8 heteroatoms. The Morgan fingerprint density at radius 2 is 1.64 bits per heavy atom. The number of imide groups is 1. The predicted octanol–water partition coefficient (Wildman–Crippen LogP) is 4.30. The zero-order valence-electron chi connectivity index (χ0n) is 19.3. The zero-order chi connectivity index (χ0) is 25.1. The van der Waals surface area contributed by atoms with Crippen LogP contribution in [0.4, 0.5) is 11.4 Å². The van der Waals surface area contributed by atoms with Crippen LogP contribution in [0.5, 0.6) is 0 Å². The van der Waals surface area contributed by atoms with Crippen LogP contribution in [0.15, 0.2) is 79.0 Å². The van der Waals surface area contributed by atoms with E-state index in [9.17, 15) is 24.5 Å². The van der Waals surface area contributed by atoms with Crippen LogP contribution in [0, 0.1) is 28.9 Å². The van der Waals surface area contributed by atoms with Gasteiger partial charge in [-0.05, 0) is 36.3 Å². The van der Waals surface area contributed by atoms with Crippen LogP contribution in [-0.2, 0) is 9.59 Å². The maximum Gasteiger partial charge on any atom is 0.270 e. The number of rotatable bonds is 4. The molecule has 8 nitrogen and oxygen atoms in total. The SMILES string of the molecule is Cc1ccc(N2C(=O)[C@@H]3[C@@H](C2=O)[C@@H]2c4ccccc4C=CN2[C@@H]3C(=O)c2cccc([N+](=O)[O-])c2)cc1. The zero-order valence-corrected chi connectivity index (χ0v) is 19.3. The van der Waals surface area contributed by atoms with E-state index >= 15 is 0 Å². The van der Waals surface area contributed by atoms with Crippen LogP contribution >= 0.6 is 0 Å².